The van der Waals surface area contributed by atoms with Crippen molar-refractivity contribution >= 4 is 37.7 Å². The van der Waals surface area contributed by atoms with Gasteiger partial charge in [-0.3, -0.25) is 14.3 Å². The average Bonchev–Trinajstić information content (AvgIpc) is 2.90. The molecule has 1 aromatic carbocycles. The Morgan fingerprint density at radius 1 is 1.28 bits per heavy atom. The van der Waals surface area contributed by atoms with E-state index in [2.05, 4.69) is 20.7 Å². The lowest BCUT2D eigenvalue weighted by atomic mass is 9.90. The zero-order valence-electron chi connectivity index (χ0n) is 16.4. The van der Waals surface area contributed by atoms with Gasteiger partial charge in [0.25, 0.3) is 5.78 Å². The van der Waals surface area contributed by atoms with E-state index in [1.54, 1.807) is 12.1 Å². The molecule has 0 fully saturated rings. The summed E-state index contributed by atoms with van der Waals surface area (Å²) in [6, 6.07) is 4.75. The van der Waals surface area contributed by atoms with E-state index >= 15 is 0 Å². The number of carbonyl (C=O) groups is 2. The molecule has 1 atom stereocenters. The van der Waals surface area contributed by atoms with Crippen molar-refractivity contribution in [2.45, 2.75) is 25.9 Å². The van der Waals surface area contributed by atoms with Gasteiger partial charge in [0, 0.05) is 17.8 Å². The summed E-state index contributed by atoms with van der Waals surface area (Å²) in [6.45, 7) is 2.52. The summed E-state index contributed by atoms with van der Waals surface area (Å²) in [4.78, 5) is 24.6. The van der Waals surface area contributed by atoms with E-state index in [-0.39, 0.29) is 11.3 Å². The van der Waals surface area contributed by atoms with Gasteiger partial charge in [-0.1, -0.05) is 15.9 Å². The zero-order chi connectivity index (χ0) is 21.8. The van der Waals surface area contributed by atoms with Crippen molar-refractivity contribution in [2.75, 3.05) is 25.3 Å². The second-order valence-electron chi connectivity index (χ2n) is 6.25. The second-order valence-corrected chi connectivity index (χ2v) is 8.88. The first-order valence-electron chi connectivity index (χ1n) is 8.53. The Bertz CT molecular complexity index is 943. The van der Waals surface area contributed by atoms with Crippen molar-refractivity contribution in [3.05, 3.63) is 35.4 Å². The van der Waals surface area contributed by atoms with Crippen LogP contribution in [0.3, 0.4) is 0 Å². The summed E-state index contributed by atoms with van der Waals surface area (Å²) in [5.74, 6) is -1.98. The van der Waals surface area contributed by atoms with Crippen LogP contribution in [0.25, 0.3) is 0 Å². The Morgan fingerprint density at radius 2 is 1.97 bits per heavy atom. The molecule has 0 radical (unpaired) electrons. The van der Waals surface area contributed by atoms with Crippen LogP contribution in [-0.4, -0.2) is 45.5 Å². The van der Waals surface area contributed by atoms with Gasteiger partial charge in [0.05, 0.1) is 20.0 Å². The molecule has 29 heavy (non-hydrogen) atoms. The van der Waals surface area contributed by atoms with Gasteiger partial charge < -0.3 is 18.9 Å². The lowest BCUT2D eigenvalue weighted by molar-refractivity contribution is -0.142. The number of rotatable bonds is 9. The summed E-state index contributed by atoms with van der Waals surface area (Å²) in [5, 5.41) is 0.474. The van der Waals surface area contributed by atoms with Gasteiger partial charge in [0.1, 0.15) is 11.5 Å². The standard InChI is InChI=1S/C18H22BrNO8S/c1-11(21)27-15-16(22)18(2,13-10-12(25-3)6-7-14(13)26-4)28-17(15)20-29(23,24)9-5-8-19/h6-7,10,20H,5,8-9H2,1-4H3. The highest BCUT2D eigenvalue weighted by atomic mass is 79.9. The third-order valence-electron chi connectivity index (χ3n) is 4.11. The fourth-order valence-corrected chi connectivity index (χ4v) is 4.42. The topological polar surface area (TPSA) is 117 Å². The number of hydrogen-bond acceptors (Lipinski definition) is 8. The molecule has 1 aromatic rings. The van der Waals surface area contributed by atoms with Crippen LogP contribution < -0.4 is 14.2 Å². The minimum absolute atomic E-state index is 0.216. The molecule has 1 aliphatic heterocycles. The average molecular weight is 492 g/mol. The number of methoxy groups -OCH3 is 2. The monoisotopic (exact) mass is 491 g/mol. The predicted molar refractivity (Wildman–Crippen MR) is 107 cm³/mol. The van der Waals surface area contributed by atoms with Crippen molar-refractivity contribution in [1.29, 1.82) is 0 Å². The van der Waals surface area contributed by atoms with Crippen molar-refractivity contribution in [3.8, 4) is 11.5 Å². The van der Waals surface area contributed by atoms with Crippen LogP contribution in [0.2, 0.25) is 0 Å². The second kappa shape index (κ2) is 9.04. The van der Waals surface area contributed by atoms with Gasteiger partial charge in [-0.15, -0.1) is 0 Å². The Balaban J connectivity index is 2.51. The molecule has 9 nitrogen and oxygen atoms in total. The Kier molecular flexibility index (Phi) is 7.17. The number of halogens is 1. The number of alkyl halides is 1. The fourth-order valence-electron chi connectivity index (χ4n) is 2.72. The summed E-state index contributed by atoms with van der Waals surface area (Å²) in [5.41, 5.74) is -1.43. The van der Waals surface area contributed by atoms with E-state index in [4.69, 9.17) is 18.9 Å². The van der Waals surface area contributed by atoms with Crippen molar-refractivity contribution in [2.24, 2.45) is 0 Å². The smallest absolute Gasteiger partial charge is 0.308 e. The predicted octanol–water partition coefficient (Wildman–Crippen LogP) is 1.95. The first-order chi connectivity index (χ1) is 13.6. The van der Waals surface area contributed by atoms with Crippen LogP contribution in [-0.2, 0) is 34.7 Å². The molecule has 0 bridgehead atoms. The maximum absolute atomic E-state index is 13.1. The first-order valence-corrected chi connectivity index (χ1v) is 11.3. The van der Waals surface area contributed by atoms with Crippen LogP contribution >= 0.6 is 15.9 Å². The number of ketones is 1. The van der Waals surface area contributed by atoms with E-state index in [0.29, 0.717) is 23.2 Å². The number of carbonyl (C=O) groups excluding carboxylic acids is 2. The quantitative estimate of drug-likeness (QED) is 0.411. The van der Waals surface area contributed by atoms with E-state index in [0.717, 1.165) is 6.92 Å². The molecule has 2 rings (SSSR count). The highest BCUT2D eigenvalue weighted by Gasteiger charge is 2.51. The molecule has 0 saturated heterocycles. The third kappa shape index (κ3) is 5.02. The van der Waals surface area contributed by atoms with Gasteiger partial charge in [0.2, 0.25) is 27.3 Å². The maximum Gasteiger partial charge on any atom is 0.308 e. The van der Waals surface area contributed by atoms with E-state index < -0.39 is 39.0 Å². The van der Waals surface area contributed by atoms with Gasteiger partial charge >= 0.3 is 5.97 Å². The molecule has 0 amide bonds. The lowest BCUT2D eigenvalue weighted by Crippen LogP contribution is -2.33. The van der Waals surface area contributed by atoms with E-state index in [9.17, 15) is 18.0 Å². The number of sulfonamides is 1. The van der Waals surface area contributed by atoms with Crippen LogP contribution in [0.5, 0.6) is 11.5 Å². The van der Waals surface area contributed by atoms with Gasteiger partial charge in [-0.25, -0.2) is 8.42 Å². The molecular formula is C18H22BrNO8S. The molecule has 0 aliphatic carbocycles. The largest absolute Gasteiger partial charge is 0.497 e. The number of Topliss-reactive ketones (excluding diaryl/α,β-unsaturated/α-hetero) is 1. The molecule has 0 spiro atoms. The number of hydrogen-bond donors (Lipinski definition) is 1. The molecule has 1 aliphatic rings. The fraction of sp³-hybridized carbons (Fsp3) is 0.444. The minimum atomic E-state index is -3.84. The number of benzene rings is 1. The normalized spacial score (nSPS) is 19.0. The Morgan fingerprint density at radius 3 is 2.52 bits per heavy atom. The van der Waals surface area contributed by atoms with Crippen molar-refractivity contribution in [3.63, 3.8) is 0 Å². The molecule has 1 N–H and O–H groups in total. The van der Waals surface area contributed by atoms with Gasteiger partial charge in [-0.2, -0.15) is 0 Å². The third-order valence-corrected chi connectivity index (χ3v) is 6.00. The summed E-state index contributed by atoms with van der Waals surface area (Å²) >= 11 is 3.16. The first kappa shape index (κ1) is 23.0. The highest BCUT2D eigenvalue weighted by molar-refractivity contribution is 9.09. The number of esters is 1. The van der Waals surface area contributed by atoms with Crippen LogP contribution in [0.4, 0.5) is 0 Å². The van der Waals surface area contributed by atoms with Gasteiger partial charge in [-0.05, 0) is 31.5 Å². The van der Waals surface area contributed by atoms with Crippen molar-refractivity contribution < 1.29 is 37.0 Å². The molecule has 0 aromatic heterocycles. The Labute approximate surface area is 177 Å². The van der Waals surface area contributed by atoms with E-state index in [1.807, 2.05) is 0 Å². The molecule has 1 unspecified atom stereocenters. The summed E-state index contributed by atoms with van der Waals surface area (Å²) < 4.78 is 48.1. The molecule has 0 saturated carbocycles. The van der Waals surface area contributed by atoms with Crippen LogP contribution in [0.1, 0.15) is 25.8 Å². The van der Waals surface area contributed by atoms with Crippen LogP contribution in [0.15, 0.2) is 29.8 Å². The van der Waals surface area contributed by atoms with Crippen molar-refractivity contribution in [1.82, 2.24) is 4.72 Å². The molecule has 1 heterocycles. The Hall–Kier alpha value is -2.27. The summed E-state index contributed by atoms with van der Waals surface area (Å²) in [6.07, 6.45) is 0.334. The van der Waals surface area contributed by atoms with Crippen LogP contribution in [0, 0.1) is 0 Å². The zero-order valence-corrected chi connectivity index (χ0v) is 18.8. The number of ether oxygens (including phenoxy) is 4. The molecule has 11 heteroatoms. The summed E-state index contributed by atoms with van der Waals surface area (Å²) in [7, 11) is -0.972. The van der Waals surface area contributed by atoms with E-state index in [1.165, 1.54) is 27.2 Å². The van der Waals surface area contributed by atoms with Gasteiger partial charge in [0.15, 0.2) is 0 Å². The number of nitrogens with one attached hydrogen (secondary N) is 1. The minimum Gasteiger partial charge on any atom is -0.497 e. The maximum atomic E-state index is 13.1. The molecule has 160 valence electrons. The molecular weight excluding hydrogens is 470 g/mol. The SMILES string of the molecule is COc1ccc(OC)c(C2(C)OC(NS(=O)(=O)CCCBr)=C(OC(C)=O)C2=O)c1. The lowest BCUT2D eigenvalue weighted by Gasteiger charge is -2.26. The highest BCUT2D eigenvalue weighted by Crippen LogP contribution is 2.43.